The van der Waals surface area contributed by atoms with Crippen LogP contribution in [-0.2, 0) is 24.2 Å². The van der Waals surface area contributed by atoms with Gasteiger partial charge in [0.2, 0.25) is 0 Å². The summed E-state index contributed by atoms with van der Waals surface area (Å²) >= 11 is 3.26. The molecule has 3 rings (SSSR count). The summed E-state index contributed by atoms with van der Waals surface area (Å²) in [6, 6.07) is 4.40. The van der Waals surface area contributed by atoms with E-state index in [1.807, 2.05) is 7.05 Å². The third-order valence-corrected chi connectivity index (χ3v) is 6.33. The molecular formula is C18H22N3OS2+. The van der Waals surface area contributed by atoms with Crippen LogP contribution < -0.4 is 10.2 Å². The number of nitriles is 1. The van der Waals surface area contributed by atoms with Gasteiger partial charge >= 0.3 is 0 Å². The summed E-state index contributed by atoms with van der Waals surface area (Å²) in [6.07, 6.45) is 3.10. The number of quaternary nitrogens is 1. The summed E-state index contributed by atoms with van der Waals surface area (Å²) in [5, 5.41) is 17.4. The van der Waals surface area contributed by atoms with E-state index in [4.69, 9.17) is 0 Å². The van der Waals surface area contributed by atoms with Crippen molar-refractivity contribution in [2.45, 2.75) is 32.7 Å². The standard InChI is InChI=1S/C18H21N3OS2/c1-12-3-4-14-15(8-19)18(24-16(14)7-12)20-17(22)10-21(2)9-13-5-6-23-11-13/h5-6,11-12H,3-4,7,9-10H2,1-2H3,(H,20,22)/p+1/t12-/m1/s1. The zero-order valence-electron chi connectivity index (χ0n) is 14.0. The first-order chi connectivity index (χ1) is 11.6. The predicted molar refractivity (Wildman–Crippen MR) is 98.6 cm³/mol. The smallest absolute Gasteiger partial charge is 0.280 e. The Morgan fingerprint density at radius 2 is 2.38 bits per heavy atom. The van der Waals surface area contributed by atoms with E-state index in [2.05, 4.69) is 35.1 Å². The highest BCUT2D eigenvalue weighted by Crippen LogP contribution is 2.39. The summed E-state index contributed by atoms with van der Waals surface area (Å²) in [7, 11) is 2.02. The molecule has 1 unspecified atom stereocenters. The number of rotatable bonds is 5. The Morgan fingerprint density at radius 1 is 1.54 bits per heavy atom. The number of hydrogen-bond acceptors (Lipinski definition) is 4. The number of carbonyl (C=O) groups excluding carboxylic acids is 1. The van der Waals surface area contributed by atoms with Gasteiger partial charge in [0.15, 0.2) is 6.54 Å². The van der Waals surface area contributed by atoms with Gasteiger partial charge in [-0.3, -0.25) is 4.79 Å². The molecule has 1 aliphatic rings. The summed E-state index contributed by atoms with van der Waals surface area (Å²) in [4.78, 5) is 14.8. The first-order valence-corrected chi connectivity index (χ1v) is 9.99. The molecule has 126 valence electrons. The van der Waals surface area contributed by atoms with E-state index in [-0.39, 0.29) is 5.91 Å². The lowest BCUT2D eigenvalue weighted by Gasteiger charge is -2.17. The number of nitrogens with one attached hydrogen (secondary N) is 2. The average Bonchev–Trinajstić information content (AvgIpc) is 3.13. The maximum Gasteiger partial charge on any atom is 0.280 e. The molecule has 0 bridgehead atoms. The van der Waals surface area contributed by atoms with E-state index >= 15 is 0 Å². The Morgan fingerprint density at radius 3 is 3.08 bits per heavy atom. The summed E-state index contributed by atoms with van der Waals surface area (Å²) in [5.41, 5.74) is 3.10. The van der Waals surface area contributed by atoms with Crippen LogP contribution in [0.25, 0.3) is 0 Å². The second kappa shape index (κ2) is 7.47. The molecule has 2 heterocycles. The molecule has 2 N–H and O–H groups in total. The molecule has 2 atom stereocenters. The van der Waals surface area contributed by atoms with Crippen molar-refractivity contribution >= 4 is 33.6 Å². The van der Waals surface area contributed by atoms with Gasteiger partial charge in [0.1, 0.15) is 17.6 Å². The highest BCUT2D eigenvalue weighted by molar-refractivity contribution is 7.16. The first kappa shape index (κ1) is 17.2. The quantitative estimate of drug-likeness (QED) is 0.861. The minimum Gasteiger partial charge on any atom is -0.326 e. The Bertz CT molecular complexity index is 758. The van der Waals surface area contributed by atoms with Gasteiger partial charge in [-0.15, -0.1) is 11.3 Å². The van der Waals surface area contributed by atoms with Crippen molar-refractivity contribution in [1.29, 1.82) is 5.26 Å². The van der Waals surface area contributed by atoms with Gasteiger partial charge in [-0.1, -0.05) is 6.92 Å². The molecule has 1 aliphatic carbocycles. The minimum atomic E-state index is -0.0223. The molecule has 0 saturated carbocycles. The van der Waals surface area contributed by atoms with E-state index in [1.54, 1.807) is 22.7 Å². The van der Waals surface area contributed by atoms with Crippen LogP contribution in [0.4, 0.5) is 5.00 Å². The molecule has 0 aromatic carbocycles. The fourth-order valence-corrected chi connectivity index (χ4v) is 5.25. The molecule has 0 radical (unpaired) electrons. The molecule has 24 heavy (non-hydrogen) atoms. The number of nitrogens with zero attached hydrogens (tertiary/aromatic N) is 1. The van der Waals surface area contributed by atoms with Crippen molar-refractivity contribution in [3.63, 3.8) is 0 Å². The van der Waals surface area contributed by atoms with Crippen molar-refractivity contribution in [3.8, 4) is 6.07 Å². The Balaban J connectivity index is 1.65. The lowest BCUT2D eigenvalue weighted by Crippen LogP contribution is -3.08. The van der Waals surface area contributed by atoms with Crippen LogP contribution in [0.15, 0.2) is 16.8 Å². The number of amides is 1. The van der Waals surface area contributed by atoms with Crippen molar-refractivity contribution in [3.05, 3.63) is 38.4 Å². The van der Waals surface area contributed by atoms with Gasteiger partial charge in [-0.2, -0.15) is 16.6 Å². The third kappa shape index (κ3) is 3.86. The lowest BCUT2D eigenvalue weighted by atomic mass is 9.89. The van der Waals surface area contributed by atoms with E-state index in [0.29, 0.717) is 18.0 Å². The van der Waals surface area contributed by atoms with Crippen molar-refractivity contribution < 1.29 is 9.69 Å². The Hall–Kier alpha value is -1.68. The maximum atomic E-state index is 12.4. The fraction of sp³-hybridized carbons (Fsp3) is 0.444. The van der Waals surface area contributed by atoms with Crippen LogP contribution in [0.2, 0.25) is 0 Å². The molecule has 1 amide bonds. The molecule has 6 heteroatoms. The Labute approximate surface area is 150 Å². The van der Waals surface area contributed by atoms with Crippen molar-refractivity contribution in [2.75, 3.05) is 18.9 Å². The van der Waals surface area contributed by atoms with Crippen LogP contribution in [-0.4, -0.2) is 19.5 Å². The van der Waals surface area contributed by atoms with E-state index in [1.165, 1.54) is 10.4 Å². The van der Waals surface area contributed by atoms with Crippen LogP contribution >= 0.6 is 22.7 Å². The van der Waals surface area contributed by atoms with Gasteiger partial charge < -0.3 is 10.2 Å². The van der Waals surface area contributed by atoms with E-state index in [0.717, 1.165) is 41.3 Å². The minimum absolute atomic E-state index is 0.0223. The molecule has 2 aromatic heterocycles. The van der Waals surface area contributed by atoms with Crippen LogP contribution in [0, 0.1) is 17.2 Å². The topological polar surface area (TPSA) is 57.3 Å². The number of thiophene rings is 2. The normalized spacial score (nSPS) is 17.8. The van der Waals surface area contributed by atoms with Crippen LogP contribution in [0.5, 0.6) is 0 Å². The second-order valence-electron chi connectivity index (χ2n) is 6.66. The average molecular weight is 361 g/mol. The van der Waals surface area contributed by atoms with Gasteiger partial charge in [0.05, 0.1) is 12.6 Å². The maximum absolute atomic E-state index is 12.4. The molecule has 0 spiro atoms. The second-order valence-corrected chi connectivity index (χ2v) is 8.54. The van der Waals surface area contributed by atoms with Crippen LogP contribution in [0.3, 0.4) is 0 Å². The predicted octanol–water partition coefficient (Wildman–Crippen LogP) is 2.46. The first-order valence-electron chi connectivity index (χ1n) is 8.23. The molecule has 0 saturated heterocycles. The molecule has 4 nitrogen and oxygen atoms in total. The van der Waals surface area contributed by atoms with E-state index in [9.17, 15) is 10.1 Å². The summed E-state index contributed by atoms with van der Waals surface area (Å²) < 4.78 is 0. The number of anilines is 1. The summed E-state index contributed by atoms with van der Waals surface area (Å²) in [6.45, 7) is 3.48. The molecule has 0 fully saturated rings. The zero-order valence-corrected chi connectivity index (χ0v) is 15.6. The van der Waals surface area contributed by atoms with E-state index < -0.39 is 0 Å². The van der Waals surface area contributed by atoms with Crippen molar-refractivity contribution in [1.82, 2.24) is 0 Å². The zero-order chi connectivity index (χ0) is 17.1. The highest BCUT2D eigenvalue weighted by atomic mass is 32.1. The SMILES string of the molecule is C[C@@H]1CCc2c(sc(NC(=O)C[NH+](C)Cc3ccsc3)c2C#N)C1. The van der Waals surface area contributed by atoms with Gasteiger partial charge in [-0.25, -0.2) is 0 Å². The fourth-order valence-electron chi connectivity index (χ4n) is 3.21. The highest BCUT2D eigenvalue weighted by Gasteiger charge is 2.25. The summed E-state index contributed by atoms with van der Waals surface area (Å²) in [5.74, 6) is 0.637. The monoisotopic (exact) mass is 360 g/mol. The number of carbonyl (C=O) groups is 1. The molecule has 0 aliphatic heterocycles. The van der Waals surface area contributed by atoms with Gasteiger partial charge in [-0.05, 0) is 47.6 Å². The third-order valence-electron chi connectivity index (χ3n) is 4.42. The molecule has 2 aromatic rings. The van der Waals surface area contributed by atoms with Gasteiger partial charge in [0, 0.05) is 10.4 Å². The lowest BCUT2D eigenvalue weighted by molar-refractivity contribution is -0.885. The van der Waals surface area contributed by atoms with Gasteiger partial charge in [0.25, 0.3) is 5.91 Å². The number of fused-ring (bicyclic) bond motifs is 1. The number of likely N-dealkylation sites (N-methyl/N-ethyl adjacent to an activating group) is 1. The number of hydrogen-bond donors (Lipinski definition) is 2. The largest absolute Gasteiger partial charge is 0.326 e. The Kier molecular flexibility index (Phi) is 5.34. The van der Waals surface area contributed by atoms with Crippen molar-refractivity contribution in [2.24, 2.45) is 5.92 Å². The molecular weight excluding hydrogens is 338 g/mol. The van der Waals surface area contributed by atoms with Crippen LogP contribution in [0.1, 0.15) is 34.9 Å².